The van der Waals surface area contributed by atoms with E-state index < -0.39 is 5.91 Å². The first-order valence-corrected chi connectivity index (χ1v) is 14.5. The van der Waals surface area contributed by atoms with Gasteiger partial charge in [0.15, 0.2) is 11.6 Å². The molecule has 0 atom stereocenters. The molecule has 4 N–H and O–H groups in total. The Morgan fingerprint density at radius 2 is 1.83 bits per heavy atom. The number of carbonyl (C=O) groups is 1. The van der Waals surface area contributed by atoms with Crippen LogP contribution in [0.25, 0.3) is 22.5 Å². The molecule has 5 aromatic rings. The molecule has 0 unspecified atom stereocenters. The molecule has 1 aromatic carbocycles. The number of aliphatic hydroxyl groups excluding tert-OH is 1. The zero-order valence-electron chi connectivity index (χ0n) is 23.1. The van der Waals surface area contributed by atoms with Gasteiger partial charge in [0.2, 0.25) is 0 Å². The number of carbonyl (C=O) groups excluding carboxylic acids is 1. The summed E-state index contributed by atoms with van der Waals surface area (Å²) >= 11 is 0. The van der Waals surface area contributed by atoms with E-state index in [1.54, 1.807) is 18.3 Å². The monoisotopic (exact) mass is 564 g/mol. The van der Waals surface area contributed by atoms with E-state index in [1.807, 2.05) is 39.5 Å². The maximum atomic E-state index is 13.5. The first-order chi connectivity index (χ1) is 20.5. The van der Waals surface area contributed by atoms with Crippen molar-refractivity contribution in [1.29, 1.82) is 0 Å². The number of hydrogen-bond acceptors (Lipinski definition) is 7. The van der Waals surface area contributed by atoms with Crippen LogP contribution < -0.4 is 16.6 Å². The van der Waals surface area contributed by atoms with Crippen molar-refractivity contribution >= 4 is 22.9 Å². The van der Waals surface area contributed by atoms with E-state index in [2.05, 4.69) is 26.4 Å². The average Bonchev–Trinajstić information content (AvgIpc) is 3.54. The Morgan fingerprint density at radius 3 is 2.60 bits per heavy atom. The minimum atomic E-state index is -0.429. The molecule has 7 rings (SSSR count). The second kappa shape index (κ2) is 10.6. The van der Waals surface area contributed by atoms with E-state index in [1.165, 1.54) is 11.0 Å². The second-order valence-electron chi connectivity index (χ2n) is 11.1. The van der Waals surface area contributed by atoms with Gasteiger partial charge in [0.25, 0.3) is 11.5 Å². The summed E-state index contributed by atoms with van der Waals surface area (Å²) in [5.74, 6) is 0.732. The fraction of sp³-hybridized carbons (Fsp3) is 0.323. The van der Waals surface area contributed by atoms with Crippen LogP contribution in [0.2, 0.25) is 0 Å². The number of hydrogen-bond donors (Lipinski definition) is 3. The van der Waals surface area contributed by atoms with Crippen LogP contribution in [0.15, 0.2) is 65.8 Å². The number of aliphatic hydroxyl groups is 1. The van der Waals surface area contributed by atoms with E-state index in [0.29, 0.717) is 30.3 Å². The number of nitrogens with two attached hydrogens (primary N) is 1. The van der Waals surface area contributed by atoms with Crippen LogP contribution in [0.3, 0.4) is 0 Å². The first kappa shape index (κ1) is 26.1. The number of aromatic nitrogens is 6. The maximum Gasteiger partial charge on any atom is 0.285 e. The zero-order chi connectivity index (χ0) is 28.8. The van der Waals surface area contributed by atoms with Gasteiger partial charge in [0.1, 0.15) is 17.4 Å². The number of amides is 1. The molecule has 11 nitrogen and oxygen atoms in total. The van der Waals surface area contributed by atoms with Gasteiger partial charge >= 0.3 is 0 Å². The molecule has 42 heavy (non-hydrogen) atoms. The summed E-state index contributed by atoms with van der Waals surface area (Å²) in [6, 6.07) is 15.0. The van der Waals surface area contributed by atoms with Crippen molar-refractivity contribution in [3.05, 3.63) is 88.4 Å². The van der Waals surface area contributed by atoms with E-state index in [0.717, 1.165) is 66.6 Å². The molecule has 1 aliphatic heterocycles. The van der Waals surface area contributed by atoms with Gasteiger partial charge in [-0.1, -0.05) is 18.2 Å². The summed E-state index contributed by atoms with van der Waals surface area (Å²) in [7, 11) is 0. The fourth-order valence-corrected chi connectivity index (χ4v) is 6.47. The largest absolute Gasteiger partial charge is 0.393 e. The third kappa shape index (κ3) is 4.46. The van der Waals surface area contributed by atoms with Gasteiger partial charge < -0.3 is 16.2 Å². The molecule has 0 bridgehead atoms. The Morgan fingerprint density at radius 1 is 1.02 bits per heavy atom. The molecule has 0 saturated heterocycles. The highest BCUT2D eigenvalue weighted by atomic mass is 16.3. The number of rotatable bonds is 5. The molecule has 5 heterocycles. The molecule has 0 radical (unpaired) electrons. The molecule has 11 heteroatoms. The van der Waals surface area contributed by atoms with Crippen LogP contribution in [0.4, 0.5) is 11.5 Å². The van der Waals surface area contributed by atoms with Crippen LogP contribution in [0.5, 0.6) is 0 Å². The minimum absolute atomic E-state index is 0.162. The van der Waals surface area contributed by atoms with E-state index >= 15 is 0 Å². The van der Waals surface area contributed by atoms with Gasteiger partial charge in [-0.05, 0) is 80.8 Å². The van der Waals surface area contributed by atoms with Crippen LogP contribution in [0.1, 0.15) is 66.2 Å². The lowest BCUT2D eigenvalue weighted by atomic mass is 9.85. The molecular formula is C31H32N8O3. The number of anilines is 2. The van der Waals surface area contributed by atoms with Gasteiger partial charge in [-0.2, -0.15) is 9.78 Å². The Bertz CT molecular complexity index is 1830. The topological polar surface area (TPSA) is 145 Å². The van der Waals surface area contributed by atoms with Crippen molar-refractivity contribution in [1.82, 2.24) is 28.9 Å². The summed E-state index contributed by atoms with van der Waals surface area (Å²) in [5, 5.41) is 17.4. The lowest BCUT2D eigenvalue weighted by Gasteiger charge is -2.24. The zero-order valence-corrected chi connectivity index (χ0v) is 23.1. The van der Waals surface area contributed by atoms with Crippen molar-refractivity contribution < 1.29 is 9.90 Å². The van der Waals surface area contributed by atoms with Gasteiger partial charge in [0, 0.05) is 35.6 Å². The van der Waals surface area contributed by atoms with Gasteiger partial charge in [-0.25, -0.2) is 14.5 Å². The highest BCUT2D eigenvalue weighted by molar-refractivity contribution is 6.05. The smallest absolute Gasteiger partial charge is 0.285 e. The summed E-state index contributed by atoms with van der Waals surface area (Å²) in [4.78, 5) is 35.6. The van der Waals surface area contributed by atoms with E-state index in [9.17, 15) is 14.7 Å². The van der Waals surface area contributed by atoms with Crippen molar-refractivity contribution in [3.63, 3.8) is 0 Å². The van der Waals surface area contributed by atoms with Crippen molar-refractivity contribution in [2.45, 2.75) is 63.5 Å². The molecule has 1 amide bonds. The Labute approximate surface area is 241 Å². The molecule has 1 saturated carbocycles. The van der Waals surface area contributed by atoms with Crippen LogP contribution >= 0.6 is 0 Å². The molecule has 214 valence electrons. The number of fused-ring (bicyclic) bond motifs is 2. The SMILES string of the molecule is Nc1ncnn2c1c(-c1ccc(NC(=O)c3c4n(n(-c5ccccn5)c3=O)CCCC4)cc1)cc2[C@H]1CC[C@H](O)CC1. The van der Waals surface area contributed by atoms with Crippen LogP contribution in [-0.2, 0) is 13.0 Å². The van der Waals surface area contributed by atoms with Crippen molar-refractivity contribution in [3.8, 4) is 16.9 Å². The molecule has 1 fully saturated rings. The lowest BCUT2D eigenvalue weighted by Crippen LogP contribution is -2.26. The predicted octanol–water partition coefficient (Wildman–Crippen LogP) is 3.93. The quantitative estimate of drug-likeness (QED) is 0.293. The molecular weight excluding hydrogens is 532 g/mol. The second-order valence-corrected chi connectivity index (χ2v) is 11.1. The molecule has 2 aliphatic rings. The average molecular weight is 565 g/mol. The number of nitrogens with zero attached hydrogens (tertiary/aromatic N) is 6. The molecule has 0 spiro atoms. The maximum absolute atomic E-state index is 13.5. The Balaban J connectivity index is 1.19. The number of nitrogens with one attached hydrogen (secondary N) is 1. The standard InChI is InChI=1S/C31H32N8O3/c32-29-28-23(17-25(38(28)35-18-34-29)20-9-13-22(40)14-10-20)19-7-11-21(12-8-19)36-30(41)27-24-5-2-4-16-37(24)39(31(27)42)26-6-1-3-15-33-26/h1,3,6-8,11-12,15,17-18,20,22,40H,2,4-5,9-10,13-14,16H2,(H,36,41)(H2,32,34,35)/t20-,22-. The summed E-state index contributed by atoms with van der Waals surface area (Å²) in [6.07, 6.45) is 8.67. The van der Waals surface area contributed by atoms with Crippen molar-refractivity contribution in [2.24, 2.45) is 0 Å². The normalized spacial score (nSPS) is 18.6. The number of pyridine rings is 1. The number of benzene rings is 1. The fourth-order valence-electron chi connectivity index (χ4n) is 6.47. The molecule has 1 aliphatic carbocycles. The highest BCUT2D eigenvalue weighted by Gasteiger charge is 2.29. The summed E-state index contributed by atoms with van der Waals surface area (Å²) < 4.78 is 5.28. The van der Waals surface area contributed by atoms with E-state index in [-0.39, 0.29) is 23.1 Å². The van der Waals surface area contributed by atoms with Crippen LogP contribution in [-0.4, -0.2) is 46.1 Å². The Kier molecular flexibility index (Phi) is 6.58. The van der Waals surface area contributed by atoms with Gasteiger partial charge in [0.05, 0.1) is 11.8 Å². The lowest BCUT2D eigenvalue weighted by molar-refractivity contribution is 0.102. The predicted molar refractivity (Wildman–Crippen MR) is 159 cm³/mol. The van der Waals surface area contributed by atoms with Crippen molar-refractivity contribution in [2.75, 3.05) is 11.1 Å². The first-order valence-electron chi connectivity index (χ1n) is 14.5. The van der Waals surface area contributed by atoms with Gasteiger partial charge in [-0.15, -0.1) is 0 Å². The number of nitrogen functional groups attached to an aromatic ring is 1. The third-order valence-electron chi connectivity index (χ3n) is 8.55. The third-order valence-corrected chi connectivity index (χ3v) is 8.55. The minimum Gasteiger partial charge on any atom is -0.393 e. The van der Waals surface area contributed by atoms with E-state index in [4.69, 9.17) is 5.73 Å². The Hall–Kier alpha value is -4.77. The molecule has 4 aromatic heterocycles. The van der Waals surface area contributed by atoms with Gasteiger partial charge in [-0.3, -0.25) is 14.3 Å². The summed E-state index contributed by atoms with van der Waals surface area (Å²) in [5.41, 5.74) is 11.1. The van der Waals surface area contributed by atoms with Crippen LogP contribution in [0, 0.1) is 0 Å². The highest BCUT2D eigenvalue weighted by Crippen LogP contribution is 2.39. The summed E-state index contributed by atoms with van der Waals surface area (Å²) in [6.45, 7) is 0.658.